The van der Waals surface area contributed by atoms with Gasteiger partial charge in [0.05, 0.1) is 18.3 Å². The number of rotatable bonds is 8. The number of likely N-dealkylation sites (tertiary alicyclic amines) is 1. The molecule has 0 unspecified atom stereocenters. The van der Waals surface area contributed by atoms with Gasteiger partial charge in [0.2, 0.25) is 0 Å². The van der Waals surface area contributed by atoms with E-state index in [9.17, 15) is 0 Å². The largest absolute Gasteiger partial charge is 0.385 e. The first-order valence-electron chi connectivity index (χ1n) is 9.86. The van der Waals surface area contributed by atoms with Crippen LogP contribution in [0.25, 0.3) is 11.3 Å². The summed E-state index contributed by atoms with van der Waals surface area (Å²) in [5.41, 5.74) is 2.19. The van der Waals surface area contributed by atoms with Crippen molar-refractivity contribution in [1.82, 2.24) is 15.2 Å². The number of methoxy groups -OCH3 is 1. The molecule has 1 aliphatic heterocycles. The average Bonchev–Trinajstić information content (AvgIpc) is 3.22. The van der Waals surface area contributed by atoms with Crippen molar-refractivity contribution in [2.24, 2.45) is 4.99 Å². The van der Waals surface area contributed by atoms with Crippen molar-refractivity contribution < 1.29 is 9.47 Å². The van der Waals surface area contributed by atoms with Gasteiger partial charge < -0.3 is 19.7 Å². The minimum absolute atomic E-state index is 0. The fraction of sp³-hybridized carbons (Fsp3) is 0.524. The van der Waals surface area contributed by atoms with Crippen molar-refractivity contribution >= 4 is 41.3 Å². The zero-order valence-electron chi connectivity index (χ0n) is 17.2. The van der Waals surface area contributed by atoms with Crippen LogP contribution in [-0.4, -0.2) is 62.4 Å². The predicted octanol–water partition coefficient (Wildman–Crippen LogP) is 4.02. The van der Waals surface area contributed by atoms with Gasteiger partial charge in [-0.15, -0.1) is 35.3 Å². The fourth-order valence-electron chi connectivity index (χ4n) is 3.31. The molecule has 0 spiro atoms. The first-order valence-corrected chi connectivity index (χ1v) is 10.7. The van der Waals surface area contributed by atoms with Gasteiger partial charge in [-0.25, -0.2) is 4.98 Å². The molecular formula is C21H31IN4O2S. The summed E-state index contributed by atoms with van der Waals surface area (Å²) in [5.74, 6) is 0.939. The third kappa shape index (κ3) is 7.51. The lowest BCUT2D eigenvalue weighted by atomic mass is 10.1. The van der Waals surface area contributed by atoms with Crippen molar-refractivity contribution in [3.8, 4) is 11.3 Å². The molecule has 8 heteroatoms. The number of ether oxygens (including phenoxy) is 2. The van der Waals surface area contributed by atoms with E-state index in [0.717, 1.165) is 67.8 Å². The van der Waals surface area contributed by atoms with E-state index >= 15 is 0 Å². The van der Waals surface area contributed by atoms with Crippen molar-refractivity contribution in [3.05, 3.63) is 40.7 Å². The van der Waals surface area contributed by atoms with Crippen LogP contribution in [0.2, 0.25) is 0 Å². The number of benzene rings is 1. The molecule has 29 heavy (non-hydrogen) atoms. The second-order valence-corrected chi connectivity index (χ2v) is 7.74. The summed E-state index contributed by atoms with van der Waals surface area (Å²) in [7, 11) is 3.57. The Labute approximate surface area is 194 Å². The van der Waals surface area contributed by atoms with Gasteiger partial charge in [0.1, 0.15) is 5.01 Å². The Bertz CT molecular complexity index is 733. The maximum absolute atomic E-state index is 5.95. The van der Waals surface area contributed by atoms with Gasteiger partial charge in [0, 0.05) is 51.4 Å². The summed E-state index contributed by atoms with van der Waals surface area (Å²) in [6, 6.07) is 10.3. The summed E-state index contributed by atoms with van der Waals surface area (Å²) in [4.78, 5) is 11.5. The van der Waals surface area contributed by atoms with Crippen molar-refractivity contribution in [1.29, 1.82) is 0 Å². The normalized spacial score (nSPS) is 15.2. The lowest BCUT2D eigenvalue weighted by Crippen LogP contribution is -2.46. The monoisotopic (exact) mass is 530 g/mol. The summed E-state index contributed by atoms with van der Waals surface area (Å²) in [5, 5.41) is 6.64. The number of hydrogen-bond acceptors (Lipinski definition) is 5. The Morgan fingerprint density at radius 3 is 2.69 bits per heavy atom. The molecule has 1 aliphatic rings. The van der Waals surface area contributed by atoms with Gasteiger partial charge in [0.25, 0.3) is 0 Å². The molecule has 1 saturated heterocycles. The molecule has 0 bridgehead atoms. The maximum atomic E-state index is 5.95. The SMILES string of the molecule is CN=C(NCc1nc(-c2ccccc2)cs1)N1CCC(OCCCOC)CC1.I. The number of piperidine rings is 1. The van der Waals surface area contributed by atoms with E-state index < -0.39 is 0 Å². The molecule has 2 heterocycles. The standard InChI is InChI=1S/C21H30N4O2S.HI/c1-22-21(25-11-9-18(10-12-25)27-14-6-13-26-2)23-15-20-24-19(16-28-20)17-7-4-3-5-8-17;/h3-5,7-8,16,18H,6,9-15H2,1-2H3,(H,22,23);1H. The van der Waals surface area contributed by atoms with Crippen LogP contribution in [0.1, 0.15) is 24.3 Å². The first-order chi connectivity index (χ1) is 13.8. The summed E-state index contributed by atoms with van der Waals surface area (Å²) in [6.45, 7) is 4.15. The lowest BCUT2D eigenvalue weighted by molar-refractivity contribution is 0.00989. The molecule has 0 aliphatic carbocycles. The van der Waals surface area contributed by atoms with Gasteiger partial charge in [0.15, 0.2) is 5.96 Å². The molecule has 2 aromatic rings. The van der Waals surface area contributed by atoms with Crippen LogP contribution in [0.4, 0.5) is 0 Å². The van der Waals surface area contributed by atoms with E-state index in [0.29, 0.717) is 12.6 Å². The molecule has 0 radical (unpaired) electrons. The molecule has 6 nitrogen and oxygen atoms in total. The number of guanidine groups is 1. The maximum Gasteiger partial charge on any atom is 0.193 e. The number of aromatic nitrogens is 1. The molecule has 0 saturated carbocycles. The third-order valence-corrected chi connectivity index (χ3v) is 5.67. The van der Waals surface area contributed by atoms with Crippen LogP contribution in [-0.2, 0) is 16.0 Å². The molecule has 1 aromatic carbocycles. The Hall–Kier alpha value is -1.23. The molecule has 1 N–H and O–H groups in total. The molecule has 0 atom stereocenters. The Kier molecular flexibility index (Phi) is 10.9. The van der Waals surface area contributed by atoms with E-state index in [1.54, 1.807) is 18.4 Å². The summed E-state index contributed by atoms with van der Waals surface area (Å²) in [6.07, 6.45) is 3.36. The zero-order valence-corrected chi connectivity index (χ0v) is 20.3. The Morgan fingerprint density at radius 2 is 2.00 bits per heavy atom. The fourth-order valence-corrected chi connectivity index (χ4v) is 4.05. The quantitative estimate of drug-likeness (QED) is 0.242. The van der Waals surface area contributed by atoms with Gasteiger partial charge in [-0.1, -0.05) is 30.3 Å². The number of nitrogens with one attached hydrogen (secondary N) is 1. The van der Waals surface area contributed by atoms with Crippen LogP contribution in [0.3, 0.4) is 0 Å². The van der Waals surface area contributed by atoms with E-state index in [1.165, 1.54) is 0 Å². The highest BCUT2D eigenvalue weighted by atomic mass is 127. The van der Waals surface area contributed by atoms with Crippen LogP contribution >= 0.6 is 35.3 Å². The second-order valence-electron chi connectivity index (χ2n) is 6.80. The number of halogens is 1. The minimum atomic E-state index is 0. The Balaban J connectivity index is 0.00000300. The first kappa shape index (κ1) is 24.0. The van der Waals surface area contributed by atoms with E-state index in [2.05, 4.69) is 32.7 Å². The highest BCUT2D eigenvalue weighted by Crippen LogP contribution is 2.21. The lowest BCUT2D eigenvalue weighted by Gasteiger charge is -2.34. The molecule has 3 rings (SSSR count). The zero-order chi connectivity index (χ0) is 19.6. The third-order valence-electron chi connectivity index (χ3n) is 4.82. The van der Waals surface area contributed by atoms with Crippen LogP contribution in [0, 0.1) is 0 Å². The topological polar surface area (TPSA) is 59.0 Å². The molecule has 1 fully saturated rings. The molecule has 0 amide bonds. The van der Waals surface area contributed by atoms with Crippen LogP contribution < -0.4 is 5.32 Å². The van der Waals surface area contributed by atoms with E-state index in [1.807, 2.05) is 25.2 Å². The number of thiazole rings is 1. The minimum Gasteiger partial charge on any atom is -0.385 e. The highest BCUT2D eigenvalue weighted by Gasteiger charge is 2.22. The molecule has 160 valence electrons. The van der Waals surface area contributed by atoms with Crippen molar-refractivity contribution in [2.45, 2.75) is 31.9 Å². The van der Waals surface area contributed by atoms with Crippen molar-refractivity contribution in [3.63, 3.8) is 0 Å². The molecular weight excluding hydrogens is 499 g/mol. The molecule has 1 aromatic heterocycles. The van der Waals surface area contributed by atoms with E-state index in [4.69, 9.17) is 14.5 Å². The number of aliphatic imine (C=N–C) groups is 1. The Morgan fingerprint density at radius 1 is 1.24 bits per heavy atom. The van der Waals surface area contributed by atoms with Gasteiger partial charge in [-0.05, 0) is 19.3 Å². The van der Waals surface area contributed by atoms with E-state index in [-0.39, 0.29) is 24.0 Å². The average molecular weight is 530 g/mol. The van der Waals surface area contributed by atoms with Crippen LogP contribution in [0.5, 0.6) is 0 Å². The van der Waals surface area contributed by atoms with Crippen molar-refractivity contribution in [2.75, 3.05) is 40.5 Å². The smallest absolute Gasteiger partial charge is 0.193 e. The predicted molar refractivity (Wildman–Crippen MR) is 130 cm³/mol. The number of hydrogen-bond donors (Lipinski definition) is 1. The van der Waals surface area contributed by atoms with Crippen LogP contribution in [0.15, 0.2) is 40.7 Å². The van der Waals surface area contributed by atoms with Gasteiger partial charge in [-0.3, -0.25) is 4.99 Å². The van der Waals surface area contributed by atoms with Gasteiger partial charge >= 0.3 is 0 Å². The second kappa shape index (κ2) is 13.1. The van der Waals surface area contributed by atoms with Gasteiger partial charge in [-0.2, -0.15) is 0 Å². The summed E-state index contributed by atoms with van der Waals surface area (Å²) < 4.78 is 11.0. The highest BCUT2D eigenvalue weighted by molar-refractivity contribution is 14.0. The summed E-state index contributed by atoms with van der Waals surface area (Å²) >= 11 is 1.68. The number of nitrogens with zero attached hydrogens (tertiary/aromatic N) is 3.